The van der Waals surface area contributed by atoms with Crippen molar-refractivity contribution in [2.45, 2.75) is 44.6 Å². The van der Waals surface area contributed by atoms with Crippen molar-refractivity contribution in [3.63, 3.8) is 0 Å². The minimum Gasteiger partial charge on any atom is -0.480 e. The highest BCUT2D eigenvalue weighted by Gasteiger charge is 2.20. The minimum absolute atomic E-state index is 0.353. The molecule has 27 heavy (non-hydrogen) atoms. The van der Waals surface area contributed by atoms with Gasteiger partial charge in [0.1, 0.15) is 6.04 Å². The highest BCUT2D eigenvalue weighted by Crippen LogP contribution is 2.19. The Bertz CT molecular complexity index is 738. The molecule has 0 unspecified atom stereocenters. The number of carboxylic acids is 1. The fourth-order valence-electron chi connectivity index (χ4n) is 2.93. The van der Waals surface area contributed by atoms with Crippen LogP contribution < -0.4 is 5.32 Å². The summed E-state index contributed by atoms with van der Waals surface area (Å²) in [5.74, 6) is -1.34. The number of nitrogens with one attached hydrogen (secondary N) is 1. The van der Waals surface area contributed by atoms with Gasteiger partial charge in [-0.1, -0.05) is 67.8 Å². The fraction of sp³-hybridized carbons (Fsp3) is 0.304. The maximum Gasteiger partial charge on any atom is 0.326 e. The van der Waals surface area contributed by atoms with Gasteiger partial charge in [-0.3, -0.25) is 4.79 Å². The van der Waals surface area contributed by atoms with E-state index in [2.05, 4.69) is 11.9 Å². The first-order chi connectivity index (χ1) is 13.1. The second kappa shape index (κ2) is 11.0. The zero-order chi connectivity index (χ0) is 19.5. The van der Waals surface area contributed by atoms with Gasteiger partial charge in [0.25, 0.3) is 5.91 Å². The van der Waals surface area contributed by atoms with E-state index in [9.17, 15) is 14.7 Å². The summed E-state index contributed by atoms with van der Waals surface area (Å²) in [5, 5.41) is 12.0. The van der Waals surface area contributed by atoms with E-state index in [-0.39, 0.29) is 5.91 Å². The SMILES string of the molecule is C=CCCCCCC[C@H](NC(=O)c1ccc(-c2ccccc2)cc1)C(=O)O. The van der Waals surface area contributed by atoms with Crippen molar-refractivity contribution in [3.8, 4) is 11.1 Å². The maximum atomic E-state index is 12.4. The summed E-state index contributed by atoms with van der Waals surface area (Å²) in [7, 11) is 0. The molecule has 0 radical (unpaired) electrons. The topological polar surface area (TPSA) is 66.4 Å². The number of benzene rings is 2. The summed E-state index contributed by atoms with van der Waals surface area (Å²) in [6, 6.07) is 16.2. The smallest absolute Gasteiger partial charge is 0.326 e. The molecule has 0 saturated carbocycles. The number of carbonyl (C=O) groups excluding carboxylic acids is 1. The van der Waals surface area contributed by atoms with Crippen LogP contribution >= 0.6 is 0 Å². The maximum absolute atomic E-state index is 12.4. The van der Waals surface area contributed by atoms with E-state index < -0.39 is 12.0 Å². The van der Waals surface area contributed by atoms with Gasteiger partial charge in [0.15, 0.2) is 0 Å². The average molecular weight is 365 g/mol. The number of hydrogen-bond acceptors (Lipinski definition) is 2. The minimum atomic E-state index is -0.990. The molecule has 0 spiro atoms. The summed E-state index contributed by atoms with van der Waals surface area (Å²) in [4.78, 5) is 23.8. The van der Waals surface area contributed by atoms with E-state index in [0.29, 0.717) is 12.0 Å². The molecule has 2 N–H and O–H groups in total. The molecule has 142 valence electrons. The highest BCUT2D eigenvalue weighted by atomic mass is 16.4. The standard InChI is InChI=1S/C23H27NO3/c1-2-3-4-5-6-10-13-21(23(26)27)24-22(25)20-16-14-19(15-17-20)18-11-8-7-9-12-18/h2,7-9,11-12,14-17,21H,1,3-6,10,13H2,(H,24,25)(H,26,27)/t21-/m0/s1. The van der Waals surface area contributed by atoms with Gasteiger partial charge in [-0.05, 0) is 42.5 Å². The number of allylic oxidation sites excluding steroid dienone is 1. The van der Waals surface area contributed by atoms with Crippen LogP contribution in [0.25, 0.3) is 11.1 Å². The largest absolute Gasteiger partial charge is 0.480 e. The van der Waals surface area contributed by atoms with Crippen molar-refractivity contribution in [1.29, 1.82) is 0 Å². The lowest BCUT2D eigenvalue weighted by Crippen LogP contribution is -2.40. The van der Waals surface area contributed by atoms with Gasteiger partial charge < -0.3 is 10.4 Å². The van der Waals surface area contributed by atoms with Crippen LogP contribution in [0.3, 0.4) is 0 Å². The van der Waals surface area contributed by atoms with Gasteiger partial charge in [-0.25, -0.2) is 4.79 Å². The van der Waals surface area contributed by atoms with Gasteiger partial charge in [-0.2, -0.15) is 0 Å². The third kappa shape index (κ3) is 6.74. The van der Waals surface area contributed by atoms with E-state index in [4.69, 9.17) is 0 Å². The van der Waals surface area contributed by atoms with E-state index in [0.717, 1.165) is 43.2 Å². The predicted molar refractivity (Wildman–Crippen MR) is 109 cm³/mol. The van der Waals surface area contributed by atoms with Gasteiger partial charge >= 0.3 is 5.97 Å². The molecule has 0 saturated heterocycles. The van der Waals surface area contributed by atoms with Crippen LogP contribution in [0.15, 0.2) is 67.3 Å². The second-order valence-electron chi connectivity index (χ2n) is 6.59. The van der Waals surface area contributed by atoms with Crippen LogP contribution in [0.4, 0.5) is 0 Å². The molecular formula is C23H27NO3. The van der Waals surface area contributed by atoms with Crippen LogP contribution in [0.2, 0.25) is 0 Å². The van der Waals surface area contributed by atoms with E-state index in [1.54, 1.807) is 12.1 Å². The van der Waals surface area contributed by atoms with Crippen LogP contribution in [0.5, 0.6) is 0 Å². The van der Waals surface area contributed by atoms with Crippen molar-refractivity contribution in [2.24, 2.45) is 0 Å². The third-order valence-corrected chi connectivity index (χ3v) is 4.51. The molecule has 2 aromatic rings. The zero-order valence-electron chi connectivity index (χ0n) is 15.6. The zero-order valence-corrected chi connectivity index (χ0v) is 15.6. The summed E-state index contributed by atoms with van der Waals surface area (Å²) in [5.41, 5.74) is 2.55. The molecule has 0 aromatic heterocycles. The Balaban J connectivity index is 1.89. The molecule has 0 aliphatic heterocycles. The molecule has 4 heteroatoms. The molecule has 0 heterocycles. The Labute approximate surface area is 160 Å². The number of carbonyl (C=O) groups is 2. The summed E-state index contributed by atoms with van der Waals surface area (Å²) < 4.78 is 0. The summed E-state index contributed by atoms with van der Waals surface area (Å²) in [6.07, 6.45) is 7.17. The molecule has 0 bridgehead atoms. The van der Waals surface area contributed by atoms with Gasteiger partial charge in [0.2, 0.25) is 0 Å². The van der Waals surface area contributed by atoms with E-state index in [1.807, 2.05) is 48.5 Å². The van der Waals surface area contributed by atoms with Crippen LogP contribution in [-0.2, 0) is 4.79 Å². The number of amides is 1. The van der Waals surface area contributed by atoms with Gasteiger partial charge in [0.05, 0.1) is 0 Å². The quantitative estimate of drug-likeness (QED) is 0.432. The Kier molecular flexibility index (Phi) is 8.30. The van der Waals surface area contributed by atoms with Crippen molar-refractivity contribution in [1.82, 2.24) is 5.32 Å². The molecule has 0 aliphatic rings. The first kappa shape index (κ1) is 20.4. The van der Waals surface area contributed by atoms with Crippen molar-refractivity contribution in [2.75, 3.05) is 0 Å². The Hall–Kier alpha value is -2.88. The Morgan fingerprint density at radius 3 is 2.19 bits per heavy atom. The highest BCUT2D eigenvalue weighted by molar-refractivity contribution is 5.97. The van der Waals surface area contributed by atoms with Crippen molar-refractivity contribution in [3.05, 3.63) is 72.8 Å². The van der Waals surface area contributed by atoms with E-state index in [1.165, 1.54) is 0 Å². The molecule has 2 rings (SSSR count). The molecule has 0 aliphatic carbocycles. The molecule has 4 nitrogen and oxygen atoms in total. The molecule has 2 aromatic carbocycles. The third-order valence-electron chi connectivity index (χ3n) is 4.51. The average Bonchev–Trinajstić information content (AvgIpc) is 2.70. The van der Waals surface area contributed by atoms with Crippen molar-refractivity contribution < 1.29 is 14.7 Å². The lowest BCUT2D eigenvalue weighted by molar-refractivity contribution is -0.139. The molecule has 1 atom stereocenters. The number of unbranched alkanes of at least 4 members (excludes halogenated alkanes) is 4. The number of carboxylic acid groups (broad SMARTS) is 1. The first-order valence-corrected chi connectivity index (χ1v) is 9.42. The monoisotopic (exact) mass is 365 g/mol. The van der Waals surface area contributed by atoms with Gasteiger partial charge in [0, 0.05) is 5.56 Å². The van der Waals surface area contributed by atoms with Crippen LogP contribution in [0, 0.1) is 0 Å². The van der Waals surface area contributed by atoms with Crippen LogP contribution in [-0.4, -0.2) is 23.0 Å². The predicted octanol–water partition coefficient (Wildman–Crippen LogP) is 5.06. The molecular weight excluding hydrogens is 338 g/mol. The summed E-state index contributed by atoms with van der Waals surface area (Å²) >= 11 is 0. The Morgan fingerprint density at radius 2 is 1.56 bits per heavy atom. The molecule has 1 amide bonds. The number of hydrogen-bond donors (Lipinski definition) is 2. The normalized spacial score (nSPS) is 11.6. The summed E-state index contributed by atoms with van der Waals surface area (Å²) in [6.45, 7) is 3.69. The number of aliphatic carboxylic acids is 1. The second-order valence-corrected chi connectivity index (χ2v) is 6.59. The van der Waals surface area contributed by atoms with Crippen molar-refractivity contribution >= 4 is 11.9 Å². The lowest BCUT2D eigenvalue weighted by atomic mass is 10.0. The van der Waals surface area contributed by atoms with Gasteiger partial charge in [-0.15, -0.1) is 6.58 Å². The van der Waals surface area contributed by atoms with E-state index >= 15 is 0 Å². The lowest BCUT2D eigenvalue weighted by Gasteiger charge is -2.14. The molecule has 0 fully saturated rings. The first-order valence-electron chi connectivity index (χ1n) is 9.42. The fourth-order valence-corrected chi connectivity index (χ4v) is 2.93. The Morgan fingerprint density at radius 1 is 0.926 bits per heavy atom. The number of rotatable bonds is 11. The van der Waals surface area contributed by atoms with Crippen LogP contribution in [0.1, 0.15) is 48.9 Å².